The number of aliphatic carboxylic acids is 2. The average Bonchev–Trinajstić information content (AvgIpc) is 2.52. The van der Waals surface area contributed by atoms with Crippen molar-refractivity contribution in [1.82, 2.24) is 0 Å². The summed E-state index contributed by atoms with van der Waals surface area (Å²) >= 11 is 0. The minimum Gasteiger partial charge on any atom is -0.508 e. The van der Waals surface area contributed by atoms with Crippen molar-refractivity contribution < 1.29 is 49.7 Å². The van der Waals surface area contributed by atoms with Crippen molar-refractivity contribution >= 4 is 11.9 Å². The van der Waals surface area contributed by atoms with Crippen molar-refractivity contribution in [2.45, 2.75) is 43.5 Å². The Morgan fingerprint density at radius 2 is 1.72 bits per heavy atom. The van der Waals surface area contributed by atoms with E-state index < -0.39 is 42.6 Å². The van der Waals surface area contributed by atoms with Crippen LogP contribution in [-0.4, -0.2) is 73.3 Å². The van der Waals surface area contributed by atoms with Crippen LogP contribution in [0.4, 0.5) is 0 Å². The number of aliphatic hydroxyl groups excluding tert-OH is 3. The van der Waals surface area contributed by atoms with Gasteiger partial charge in [0.2, 0.25) is 6.29 Å². The molecule has 1 fully saturated rings. The summed E-state index contributed by atoms with van der Waals surface area (Å²) in [5, 5.41) is 56.6. The highest BCUT2D eigenvalue weighted by molar-refractivity contribution is 5.73. The Balaban J connectivity index is 2.17. The molecular formula is C15H18O10. The van der Waals surface area contributed by atoms with Crippen molar-refractivity contribution in [3.63, 3.8) is 0 Å². The number of carbonyl (C=O) groups is 2. The van der Waals surface area contributed by atoms with Gasteiger partial charge in [-0.05, 0) is 24.1 Å². The third-order valence-electron chi connectivity index (χ3n) is 3.64. The summed E-state index contributed by atoms with van der Waals surface area (Å²) in [4.78, 5) is 21.7. The topological polar surface area (TPSA) is 174 Å². The molecule has 10 heteroatoms. The number of hydrogen-bond donors (Lipinski definition) is 6. The molecule has 10 nitrogen and oxygen atoms in total. The highest BCUT2D eigenvalue weighted by Crippen LogP contribution is 2.28. The van der Waals surface area contributed by atoms with Crippen LogP contribution in [0.25, 0.3) is 0 Å². The Morgan fingerprint density at radius 1 is 1.04 bits per heavy atom. The Hall–Kier alpha value is -2.40. The molecule has 6 N–H and O–H groups in total. The Bertz CT molecular complexity index is 645. The van der Waals surface area contributed by atoms with Gasteiger partial charge in [0, 0.05) is 12.5 Å². The fourth-order valence-corrected chi connectivity index (χ4v) is 2.39. The lowest BCUT2D eigenvalue weighted by Gasteiger charge is -2.38. The largest absolute Gasteiger partial charge is 0.508 e. The van der Waals surface area contributed by atoms with E-state index in [4.69, 9.17) is 19.7 Å². The van der Waals surface area contributed by atoms with Gasteiger partial charge in [0.25, 0.3) is 0 Å². The zero-order valence-electron chi connectivity index (χ0n) is 12.8. The van der Waals surface area contributed by atoms with E-state index in [0.717, 1.165) is 6.07 Å². The third kappa shape index (κ3) is 4.57. The van der Waals surface area contributed by atoms with Crippen molar-refractivity contribution in [2.75, 3.05) is 0 Å². The maximum absolute atomic E-state index is 11.0. The van der Waals surface area contributed by atoms with Crippen LogP contribution < -0.4 is 4.74 Å². The lowest BCUT2D eigenvalue weighted by Crippen LogP contribution is -2.61. The number of ether oxygens (including phenoxy) is 2. The normalized spacial score (nSPS) is 29.2. The van der Waals surface area contributed by atoms with Gasteiger partial charge in [-0.25, -0.2) is 4.79 Å². The summed E-state index contributed by atoms with van der Waals surface area (Å²) in [6.45, 7) is 0. The van der Waals surface area contributed by atoms with Crippen molar-refractivity contribution in [3.05, 3.63) is 23.8 Å². The van der Waals surface area contributed by atoms with Crippen LogP contribution in [0.5, 0.6) is 11.5 Å². The van der Waals surface area contributed by atoms with Crippen LogP contribution in [-0.2, 0) is 20.7 Å². The molecule has 0 saturated carbocycles. The Labute approximate surface area is 141 Å². The first-order valence-electron chi connectivity index (χ1n) is 7.33. The van der Waals surface area contributed by atoms with E-state index in [2.05, 4.69) is 0 Å². The molecular weight excluding hydrogens is 340 g/mol. The van der Waals surface area contributed by atoms with E-state index in [0.29, 0.717) is 5.56 Å². The fraction of sp³-hybridized carbons (Fsp3) is 0.467. The zero-order valence-corrected chi connectivity index (χ0v) is 12.8. The van der Waals surface area contributed by atoms with E-state index in [9.17, 15) is 30.0 Å². The SMILES string of the molecule is O=C(O)CCc1cc(O)cc(O[C@@H]2O[C@H](C(=O)O)[C@@H](O)[C@H](O)[C@H]2O)c1. The molecule has 5 atom stereocenters. The molecule has 2 rings (SSSR count). The number of aliphatic hydroxyl groups is 3. The van der Waals surface area contributed by atoms with Gasteiger partial charge in [0.05, 0.1) is 0 Å². The summed E-state index contributed by atoms with van der Waals surface area (Å²) in [6.07, 6.45) is -8.91. The number of aryl methyl sites for hydroxylation is 1. The molecule has 1 heterocycles. The number of carboxylic acid groups (broad SMARTS) is 2. The fourth-order valence-electron chi connectivity index (χ4n) is 2.39. The number of carboxylic acids is 2. The Morgan fingerprint density at radius 3 is 2.32 bits per heavy atom. The summed E-state index contributed by atoms with van der Waals surface area (Å²) < 4.78 is 10.2. The predicted octanol–water partition coefficient (Wildman–Crippen LogP) is -1.32. The van der Waals surface area contributed by atoms with Crippen LogP contribution in [0.2, 0.25) is 0 Å². The van der Waals surface area contributed by atoms with Crippen molar-refractivity contribution in [2.24, 2.45) is 0 Å². The standard InChI is InChI=1S/C15H18O10/c16-7-3-6(1-2-9(17)18)4-8(5-7)24-15-12(21)10(19)11(20)13(25-15)14(22)23/h3-5,10-13,15-16,19-21H,1-2H2,(H,17,18)(H,22,23)/t10-,11-,12+,13-,15+/m0/s1. The van der Waals surface area contributed by atoms with Crippen LogP contribution in [0.1, 0.15) is 12.0 Å². The lowest BCUT2D eigenvalue weighted by molar-refractivity contribution is -0.271. The maximum Gasteiger partial charge on any atom is 0.335 e. The van der Waals surface area contributed by atoms with E-state index in [1.54, 1.807) is 0 Å². The molecule has 0 spiro atoms. The first-order chi connectivity index (χ1) is 11.7. The van der Waals surface area contributed by atoms with E-state index in [-0.39, 0.29) is 24.3 Å². The monoisotopic (exact) mass is 358 g/mol. The predicted molar refractivity (Wildman–Crippen MR) is 79.0 cm³/mol. The number of hydrogen-bond acceptors (Lipinski definition) is 8. The smallest absolute Gasteiger partial charge is 0.335 e. The zero-order chi connectivity index (χ0) is 18.7. The number of phenols is 1. The first-order valence-corrected chi connectivity index (χ1v) is 7.33. The van der Waals surface area contributed by atoms with Gasteiger partial charge < -0.3 is 40.1 Å². The lowest BCUT2D eigenvalue weighted by atomic mass is 9.99. The molecule has 25 heavy (non-hydrogen) atoms. The number of phenolic OH excluding ortho intramolecular Hbond substituents is 1. The van der Waals surface area contributed by atoms with Gasteiger partial charge in [-0.3, -0.25) is 4.79 Å². The number of rotatable bonds is 6. The molecule has 1 aliphatic rings. The Kier molecular flexibility index (Phi) is 5.80. The quantitative estimate of drug-likeness (QED) is 0.358. The minimum absolute atomic E-state index is 0.0304. The minimum atomic E-state index is -1.84. The van der Waals surface area contributed by atoms with Crippen LogP contribution in [0.15, 0.2) is 18.2 Å². The highest BCUT2D eigenvalue weighted by atomic mass is 16.7. The molecule has 1 saturated heterocycles. The van der Waals surface area contributed by atoms with Crippen LogP contribution in [0, 0.1) is 0 Å². The molecule has 0 radical (unpaired) electrons. The maximum atomic E-state index is 11.0. The summed E-state index contributed by atoms with van der Waals surface area (Å²) in [6, 6.07) is 3.85. The van der Waals surface area contributed by atoms with Crippen molar-refractivity contribution in [3.8, 4) is 11.5 Å². The second-order valence-corrected chi connectivity index (χ2v) is 5.58. The molecule has 0 bridgehead atoms. The molecule has 1 aromatic rings. The molecule has 0 amide bonds. The number of benzene rings is 1. The molecule has 0 unspecified atom stereocenters. The van der Waals surface area contributed by atoms with E-state index in [1.807, 2.05) is 0 Å². The van der Waals surface area contributed by atoms with Gasteiger partial charge in [0.15, 0.2) is 6.10 Å². The van der Waals surface area contributed by atoms with Gasteiger partial charge in [0.1, 0.15) is 29.8 Å². The molecule has 0 aromatic heterocycles. The second kappa shape index (κ2) is 7.66. The molecule has 138 valence electrons. The van der Waals surface area contributed by atoms with Gasteiger partial charge in [-0.2, -0.15) is 0 Å². The summed E-state index contributed by atoms with van der Waals surface area (Å²) in [5.41, 5.74) is 0.429. The average molecular weight is 358 g/mol. The third-order valence-corrected chi connectivity index (χ3v) is 3.64. The van der Waals surface area contributed by atoms with Gasteiger partial charge in [-0.1, -0.05) is 0 Å². The van der Waals surface area contributed by atoms with Gasteiger partial charge in [-0.15, -0.1) is 0 Å². The van der Waals surface area contributed by atoms with E-state index >= 15 is 0 Å². The van der Waals surface area contributed by atoms with Crippen LogP contribution >= 0.6 is 0 Å². The molecule has 1 aliphatic heterocycles. The summed E-state index contributed by atoms with van der Waals surface area (Å²) in [5.74, 6) is -2.85. The second-order valence-electron chi connectivity index (χ2n) is 5.58. The van der Waals surface area contributed by atoms with E-state index in [1.165, 1.54) is 12.1 Å². The number of aromatic hydroxyl groups is 1. The highest BCUT2D eigenvalue weighted by Gasteiger charge is 2.48. The first kappa shape index (κ1) is 18.9. The van der Waals surface area contributed by atoms with Gasteiger partial charge >= 0.3 is 11.9 Å². The molecule has 1 aromatic carbocycles. The van der Waals surface area contributed by atoms with Crippen molar-refractivity contribution in [1.29, 1.82) is 0 Å². The molecule has 0 aliphatic carbocycles. The van der Waals surface area contributed by atoms with Crippen LogP contribution in [0.3, 0.4) is 0 Å². The summed E-state index contributed by atoms with van der Waals surface area (Å²) in [7, 11) is 0.